The fourth-order valence-corrected chi connectivity index (χ4v) is 2.23. The van der Waals surface area contributed by atoms with E-state index in [1.807, 2.05) is 11.3 Å². The van der Waals surface area contributed by atoms with Crippen LogP contribution < -0.4 is 0 Å². The monoisotopic (exact) mass is 231 g/mol. The van der Waals surface area contributed by atoms with Crippen LogP contribution in [0.1, 0.15) is 25.1 Å². The maximum Gasteiger partial charge on any atom is 0.0330 e. The quantitative estimate of drug-likeness (QED) is 0.677. The average Bonchev–Trinajstić information content (AvgIpc) is 2.64. The minimum Gasteiger partial charge on any atom is -0.296 e. The highest BCUT2D eigenvalue weighted by Crippen LogP contribution is 2.14. The lowest BCUT2D eigenvalue weighted by atomic mass is 10.3. The van der Waals surface area contributed by atoms with Crippen molar-refractivity contribution in [2.24, 2.45) is 0 Å². The van der Waals surface area contributed by atoms with Gasteiger partial charge >= 0.3 is 0 Å². The maximum absolute atomic E-state index is 5.71. The van der Waals surface area contributed by atoms with Gasteiger partial charge in [0.15, 0.2) is 0 Å². The van der Waals surface area contributed by atoms with Crippen molar-refractivity contribution in [3.63, 3.8) is 0 Å². The highest BCUT2D eigenvalue weighted by atomic mass is 35.5. The first-order chi connectivity index (χ1) is 6.74. The normalized spacial score (nSPS) is 11.5. The number of rotatable bonds is 6. The van der Waals surface area contributed by atoms with Gasteiger partial charge in [0.1, 0.15) is 0 Å². The zero-order valence-corrected chi connectivity index (χ0v) is 10.4. The van der Waals surface area contributed by atoms with Crippen molar-refractivity contribution >= 4 is 22.9 Å². The zero-order valence-electron chi connectivity index (χ0n) is 8.87. The molecule has 0 aliphatic rings. The lowest BCUT2D eigenvalue weighted by Crippen LogP contribution is -2.31. The number of alkyl halides is 1. The SMILES string of the molecule is CC(C)N(CCCCl)Cc1cccs1. The molecule has 0 radical (unpaired) electrons. The maximum atomic E-state index is 5.71. The van der Waals surface area contributed by atoms with Gasteiger partial charge in [-0.05, 0) is 38.3 Å². The summed E-state index contributed by atoms with van der Waals surface area (Å²) in [7, 11) is 0. The van der Waals surface area contributed by atoms with Crippen LogP contribution in [0.5, 0.6) is 0 Å². The Kier molecular flexibility index (Phi) is 5.53. The molecule has 0 unspecified atom stereocenters. The van der Waals surface area contributed by atoms with E-state index in [0.717, 1.165) is 25.4 Å². The van der Waals surface area contributed by atoms with Crippen molar-refractivity contribution < 1.29 is 0 Å². The lowest BCUT2D eigenvalue weighted by molar-refractivity contribution is 0.215. The molecule has 0 saturated heterocycles. The summed E-state index contributed by atoms with van der Waals surface area (Å²) in [6.07, 6.45) is 1.07. The predicted molar refractivity (Wildman–Crippen MR) is 65.2 cm³/mol. The minimum atomic E-state index is 0.598. The Bertz CT molecular complexity index is 233. The first-order valence-corrected chi connectivity index (χ1v) is 6.48. The van der Waals surface area contributed by atoms with Gasteiger partial charge in [0.25, 0.3) is 0 Å². The molecule has 0 bridgehead atoms. The molecule has 1 aromatic heterocycles. The number of halogens is 1. The van der Waals surface area contributed by atoms with Crippen LogP contribution in [0, 0.1) is 0 Å². The molecule has 3 heteroatoms. The van der Waals surface area contributed by atoms with Gasteiger partial charge < -0.3 is 0 Å². The van der Waals surface area contributed by atoms with Gasteiger partial charge in [-0.25, -0.2) is 0 Å². The van der Waals surface area contributed by atoms with E-state index in [2.05, 4.69) is 36.3 Å². The Morgan fingerprint density at radius 3 is 2.79 bits per heavy atom. The van der Waals surface area contributed by atoms with Crippen LogP contribution in [0.3, 0.4) is 0 Å². The summed E-state index contributed by atoms with van der Waals surface area (Å²) < 4.78 is 0. The molecular formula is C11H18ClNS. The van der Waals surface area contributed by atoms with Crippen LogP contribution in [-0.4, -0.2) is 23.4 Å². The summed E-state index contributed by atoms with van der Waals surface area (Å²) in [6.45, 7) is 6.63. The summed E-state index contributed by atoms with van der Waals surface area (Å²) in [5, 5.41) is 2.13. The zero-order chi connectivity index (χ0) is 10.4. The largest absolute Gasteiger partial charge is 0.296 e. The standard InChI is InChI=1S/C11H18ClNS/c1-10(2)13(7-4-6-12)9-11-5-3-8-14-11/h3,5,8,10H,4,6-7,9H2,1-2H3. The molecule has 1 aromatic rings. The summed E-state index contributed by atoms with van der Waals surface area (Å²) in [6, 6.07) is 4.90. The van der Waals surface area contributed by atoms with Gasteiger partial charge in [-0.3, -0.25) is 4.90 Å². The molecule has 1 heterocycles. The Hall–Kier alpha value is -0.0500. The second kappa shape index (κ2) is 6.44. The van der Waals surface area contributed by atoms with Gasteiger partial charge in [0.2, 0.25) is 0 Å². The molecule has 1 nitrogen and oxygen atoms in total. The van der Waals surface area contributed by atoms with E-state index in [1.54, 1.807) is 0 Å². The van der Waals surface area contributed by atoms with E-state index in [4.69, 9.17) is 11.6 Å². The molecule has 14 heavy (non-hydrogen) atoms. The van der Waals surface area contributed by atoms with Gasteiger partial charge in [-0.1, -0.05) is 6.07 Å². The van der Waals surface area contributed by atoms with Crippen LogP contribution in [0.25, 0.3) is 0 Å². The molecule has 0 amide bonds. The Morgan fingerprint density at radius 2 is 2.29 bits per heavy atom. The molecule has 0 atom stereocenters. The molecule has 0 saturated carbocycles. The van der Waals surface area contributed by atoms with Crippen LogP contribution in [0.4, 0.5) is 0 Å². The number of hydrogen-bond donors (Lipinski definition) is 0. The second-order valence-electron chi connectivity index (χ2n) is 3.69. The van der Waals surface area contributed by atoms with Crippen molar-refractivity contribution in [1.82, 2.24) is 4.90 Å². The molecule has 0 N–H and O–H groups in total. The number of thiophene rings is 1. The van der Waals surface area contributed by atoms with Crippen LogP contribution in [-0.2, 0) is 6.54 Å². The third-order valence-corrected chi connectivity index (χ3v) is 3.38. The number of hydrogen-bond acceptors (Lipinski definition) is 2. The first kappa shape index (κ1) is 12.0. The summed E-state index contributed by atoms with van der Waals surface area (Å²) in [4.78, 5) is 3.90. The van der Waals surface area contributed by atoms with Gasteiger partial charge in [0, 0.05) is 23.3 Å². The Balaban J connectivity index is 2.43. The van der Waals surface area contributed by atoms with Crippen LogP contribution in [0.2, 0.25) is 0 Å². The van der Waals surface area contributed by atoms with Crippen molar-refractivity contribution in [2.45, 2.75) is 32.9 Å². The van der Waals surface area contributed by atoms with Gasteiger partial charge in [-0.2, -0.15) is 0 Å². The van der Waals surface area contributed by atoms with Crippen LogP contribution in [0.15, 0.2) is 17.5 Å². The Labute approximate surface area is 95.7 Å². The smallest absolute Gasteiger partial charge is 0.0330 e. The molecule has 80 valence electrons. The van der Waals surface area contributed by atoms with Crippen molar-refractivity contribution in [3.05, 3.63) is 22.4 Å². The fraction of sp³-hybridized carbons (Fsp3) is 0.636. The van der Waals surface area contributed by atoms with Crippen molar-refractivity contribution in [3.8, 4) is 0 Å². The van der Waals surface area contributed by atoms with E-state index >= 15 is 0 Å². The lowest BCUT2D eigenvalue weighted by Gasteiger charge is -2.25. The Morgan fingerprint density at radius 1 is 1.50 bits per heavy atom. The van der Waals surface area contributed by atoms with Gasteiger partial charge in [-0.15, -0.1) is 22.9 Å². The topological polar surface area (TPSA) is 3.24 Å². The van der Waals surface area contributed by atoms with E-state index in [1.165, 1.54) is 4.88 Å². The second-order valence-corrected chi connectivity index (χ2v) is 5.10. The van der Waals surface area contributed by atoms with Gasteiger partial charge in [0.05, 0.1) is 0 Å². The van der Waals surface area contributed by atoms with Crippen molar-refractivity contribution in [2.75, 3.05) is 12.4 Å². The number of nitrogens with zero attached hydrogens (tertiary/aromatic N) is 1. The summed E-state index contributed by atoms with van der Waals surface area (Å²) in [5.41, 5.74) is 0. The van der Waals surface area contributed by atoms with Crippen molar-refractivity contribution in [1.29, 1.82) is 0 Å². The first-order valence-electron chi connectivity index (χ1n) is 5.06. The third kappa shape index (κ3) is 3.99. The minimum absolute atomic E-state index is 0.598. The molecular weight excluding hydrogens is 214 g/mol. The van der Waals surface area contributed by atoms with E-state index < -0.39 is 0 Å². The molecule has 0 spiro atoms. The molecule has 0 aromatic carbocycles. The third-order valence-electron chi connectivity index (χ3n) is 2.25. The highest BCUT2D eigenvalue weighted by Gasteiger charge is 2.09. The van der Waals surface area contributed by atoms with E-state index in [-0.39, 0.29) is 0 Å². The highest BCUT2D eigenvalue weighted by molar-refractivity contribution is 7.09. The summed E-state index contributed by atoms with van der Waals surface area (Å²) in [5.74, 6) is 0.758. The van der Waals surface area contributed by atoms with E-state index in [0.29, 0.717) is 6.04 Å². The van der Waals surface area contributed by atoms with E-state index in [9.17, 15) is 0 Å². The summed E-state index contributed by atoms with van der Waals surface area (Å²) >= 11 is 7.54. The van der Waals surface area contributed by atoms with Crippen LogP contribution >= 0.6 is 22.9 Å². The molecule has 1 rings (SSSR count). The molecule has 0 aliphatic carbocycles. The molecule has 0 aliphatic heterocycles. The fourth-order valence-electron chi connectivity index (χ4n) is 1.39. The predicted octanol–water partition coefficient (Wildman–Crippen LogP) is 3.59. The molecule has 0 fully saturated rings. The average molecular weight is 232 g/mol.